The van der Waals surface area contributed by atoms with Crippen molar-refractivity contribution in [1.82, 2.24) is 5.32 Å². The Morgan fingerprint density at radius 2 is 1.85 bits per heavy atom. The maximum Gasteiger partial charge on any atom is 0.133 e. The van der Waals surface area contributed by atoms with Gasteiger partial charge < -0.3 is 10.1 Å². The topological polar surface area (TPSA) is 21.3 Å². The first-order chi connectivity index (χ1) is 9.52. The van der Waals surface area contributed by atoms with E-state index >= 15 is 0 Å². The van der Waals surface area contributed by atoms with Crippen LogP contribution >= 0.6 is 11.6 Å². The summed E-state index contributed by atoms with van der Waals surface area (Å²) < 4.78 is 6.11. The summed E-state index contributed by atoms with van der Waals surface area (Å²) in [6.07, 6.45) is 0. The van der Waals surface area contributed by atoms with Gasteiger partial charge in [0.05, 0.1) is 0 Å². The molecule has 2 aromatic rings. The van der Waals surface area contributed by atoms with E-state index in [0.717, 1.165) is 27.6 Å². The van der Waals surface area contributed by atoms with Crippen LogP contribution in [0.25, 0.3) is 0 Å². The van der Waals surface area contributed by atoms with Crippen molar-refractivity contribution in [3.63, 3.8) is 0 Å². The van der Waals surface area contributed by atoms with Crippen LogP contribution in [0.2, 0.25) is 5.02 Å². The molecule has 2 rings (SSSR count). The molecule has 0 aliphatic heterocycles. The van der Waals surface area contributed by atoms with E-state index in [-0.39, 0.29) is 0 Å². The van der Waals surface area contributed by atoms with Crippen molar-refractivity contribution in [1.29, 1.82) is 0 Å². The number of aryl methyl sites for hydroxylation is 2. The smallest absolute Gasteiger partial charge is 0.133 e. The number of benzene rings is 2. The molecule has 1 N–H and O–H groups in total. The second kappa shape index (κ2) is 6.29. The lowest BCUT2D eigenvalue weighted by Gasteiger charge is -2.15. The molecule has 0 unspecified atom stereocenters. The van der Waals surface area contributed by atoms with Gasteiger partial charge in [0.25, 0.3) is 0 Å². The van der Waals surface area contributed by atoms with E-state index in [2.05, 4.69) is 38.2 Å². The number of hydrogen-bond donors (Lipinski definition) is 1. The number of ether oxygens (including phenoxy) is 1. The molecule has 2 aromatic carbocycles. The zero-order valence-corrected chi connectivity index (χ0v) is 13.1. The van der Waals surface area contributed by atoms with E-state index in [1.54, 1.807) is 0 Å². The van der Waals surface area contributed by atoms with Gasteiger partial charge in [0.2, 0.25) is 0 Å². The molecule has 0 radical (unpaired) electrons. The molecule has 0 saturated carbocycles. The van der Waals surface area contributed by atoms with Crippen LogP contribution < -0.4 is 10.1 Å². The van der Waals surface area contributed by atoms with Gasteiger partial charge in [-0.1, -0.05) is 23.7 Å². The van der Waals surface area contributed by atoms with Crippen LogP contribution in [-0.4, -0.2) is 7.05 Å². The normalized spacial score (nSPS) is 10.7. The second-order valence-electron chi connectivity index (χ2n) is 5.05. The van der Waals surface area contributed by atoms with Gasteiger partial charge in [0.15, 0.2) is 0 Å². The van der Waals surface area contributed by atoms with Crippen LogP contribution in [0, 0.1) is 20.8 Å². The van der Waals surface area contributed by atoms with Crippen molar-refractivity contribution in [2.24, 2.45) is 0 Å². The maximum absolute atomic E-state index is 6.26. The Morgan fingerprint density at radius 1 is 1.10 bits per heavy atom. The SMILES string of the molecule is CNCc1c(Cl)cccc1Oc1cc(C)cc(C)c1C. The van der Waals surface area contributed by atoms with E-state index < -0.39 is 0 Å². The maximum atomic E-state index is 6.26. The minimum absolute atomic E-state index is 0.679. The van der Waals surface area contributed by atoms with Gasteiger partial charge >= 0.3 is 0 Å². The number of rotatable bonds is 4. The molecule has 0 spiro atoms. The molecule has 0 aromatic heterocycles. The van der Waals surface area contributed by atoms with Crippen LogP contribution in [0.1, 0.15) is 22.3 Å². The zero-order chi connectivity index (χ0) is 14.7. The van der Waals surface area contributed by atoms with Crippen molar-refractivity contribution < 1.29 is 4.74 Å². The van der Waals surface area contributed by atoms with E-state index in [4.69, 9.17) is 16.3 Å². The van der Waals surface area contributed by atoms with Gasteiger partial charge in [0, 0.05) is 17.1 Å². The Morgan fingerprint density at radius 3 is 2.55 bits per heavy atom. The lowest BCUT2D eigenvalue weighted by molar-refractivity contribution is 0.470. The average Bonchev–Trinajstić information content (AvgIpc) is 2.39. The minimum atomic E-state index is 0.679. The van der Waals surface area contributed by atoms with E-state index in [0.29, 0.717) is 6.54 Å². The Labute approximate surface area is 125 Å². The summed E-state index contributed by atoms with van der Waals surface area (Å²) in [4.78, 5) is 0. The molecule has 2 nitrogen and oxygen atoms in total. The summed E-state index contributed by atoms with van der Waals surface area (Å²) in [6, 6.07) is 9.97. The largest absolute Gasteiger partial charge is 0.457 e. The monoisotopic (exact) mass is 289 g/mol. The predicted octanol–water partition coefficient (Wildman–Crippen LogP) is 4.78. The third kappa shape index (κ3) is 3.14. The molecule has 0 heterocycles. The minimum Gasteiger partial charge on any atom is -0.457 e. The summed E-state index contributed by atoms with van der Waals surface area (Å²) in [5, 5.41) is 3.85. The molecule has 106 valence electrons. The van der Waals surface area contributed by atoms with Gasteiger partial charge in [-0.3, -0.25) is 0 Å². The number of hydrogen-bond acceptors (Lipinski definition) is 2. The first kappa shape index (κ1) is 14.9. The van der Waals surface area contributed by atoms with Crippen molar-refractivity contribution in [3.05, 3.63) is 57.6 Å². The molecule has 0 amide bonds. The van der Waals surface area contributed by atoms with Crippen molar-refractivity contribution >= 4 is 11.6 Å². The standard InChI is InChI=1S/C17H20ClNO/c1-11-8-12(2)13(3)17(9-11)20-16-7-5-6-15(18)14(16)10-19-4/h5-9,19H,10H2,1-4H3. The molecule has 0 aliphatic carbocycles. The fourth-order valence-corrected chi connectivity index (χ4v) is 2.44. The lowest BCUT2D eigenvalue weighted by atomic mass is 10.1. The van der Waals surface area contributed by atoms with Crippen LogP contribution in [0.4, 0.5) is 0 Å². The lowest BCUT2D eigenvalue weighted by Crippen LogP contribution is -2.07. The van der Waals surface area contributed by atoms with Crippen molar-refractivity contribution in [2.75, 3.05) is 7.05 Å². The third-order valence-corrected chi connectivity index (χ3v) is 3.77. The third-order valence-electron chi connectivity index (χ3n) is 3.41. The summed E-state index contributed by atoms with van der Waals surface area (Å²) >= 11 is 6.26. The predicted molar refractivity (Wildman–Crippen MR) is 84.9 cm³/mol. The van der Waals surface area contributed by atoms with E-state index in [1.165, 1.54) is 11.1 Å². The highest BCUT2D eigenvalue weighted by Crippen LogP contribution is 2.33. The van der Waals surface area contributed by atoms with Crippen molar-refractivity contribution in [3.8, 4) is 11.5 Å². The molecule has 0 bridgehead atoms. The van der Waals surface area contributed by atoms with E-state index in [9.17, 15) is 0 Å². The van der Waals surface area contributed by atoms with Crippen molar-refractivity contribution in [2.45, 2.75) is 27.3 Å². The molecule has 0 saturated heterocycles. The highest BCUT2D eigenvalue weighted by molar-refractivity contribution is 6.31. The fraction of sp³-hybridized carbons (Fsp3) is 0.294. The summed E-state index contributed by atoms with van der Waals surface area (Å²) in [7, 11) is 1.90. The van der Waals surface area contributed by atoms with Gasteiger partial charge in [-0.2, -0.15) is 0 Å². The Hall–Kier alpha value is -1.51. The van der Waals surface area contributed by atoms with Crippen LogP contribution in [0.15, 0.2) is 30.3 Å². The molecule has 0 fully saturated rings. The van der Waals surface area contributed by atoms with Crippen LogP contribution in [0.5, 0.6) is 11.5 Å². The molecule has 0 aliphatic rings. The van der Waals surface area contributed by atoms with Crippen LogP contribution in [-0.2, 0) is 6.54 Å². The summed E-state index contributed by atoms with van der Waals surface area (Å²) in [6.45, 7) is 6.93. The first-order valence-electron chi connectivity index (χ1n) is 6.70. The first-order valence-corrected chi connectivity index (χ1v) is 7.08. The van der Waals surface area contributed by atoms with Gasteiger partial charge in [0.1, 0.15) is 11.5 Å². The van der Waals surface area contributed by atoms with Gasteiger partial charge in [-0.05, 0) is 62.7 Å². The van der Waals surface area contributed by atoms with Crippen LogP contribution in [0.3, 0.4) is 0 Å². The second-order valence-corrected chi connectivity index (χ2v) is 5.46. The zero-order valence-electron chi connectivity index (χ0n) is 12.4. The molecular formula is C17H20ClNO. The van der Waals surface area contributed by atoms with Gasteiger partial charge in [-0.25, -0.2) is 0 Å². The molecular weight excluding hydrogens is 270 g/mol. The fourth-order valence-electron chi connectivity index (χ4n) is 2.21. The summed E-state index contributed by atoms with van der Waals surface area (Å²) in [5.74, 6) is 1.70. The average molecular weight is 290 g/mol. The van der Waals surface area contributed by atoms with Gasteiger partial charge in [-0.15, -0.1) is 0 Å². The van der Waals surface area contributed by atoms with E-state index in [1.807, 2.05) is 25.2 Å². The number of halogens is 1. The Kier molecular flexibility index (Phi) is 4.69. The molecule has 20 heavy (non-hydrogen) atoms. The summed E-state index contributed by atoms with van der Waals surface area (Å²) in [5.41, 5.74) is 4.57. The Bertz CT molecular complexity index is 623. The molecule has 0 atom stereocenters. The highest BCUT2D eigenvalue weighted by Gasteiger charge is 2.11. The molecule has 3 heteroatoms. The quantitative estimate of drug-likeness (QED) is 0.875. The number of nitrogens with one attached hydrogen (secondary N) is 1. The highest BCUT2D eigenvalue weighted by atomic mass is 35.5. The Balaban J connectivity index is 2.42.